The molecule has 26 heavy (non-hydrogen) atoms. The van der Waals surface area contributed by atoms with Crippen LogP contribution in [0.5, 0.6) is 5.75 Å². The van der Waals surface area contributed by atoms with Gasteiger partial charge in [0.15, 0.2) is 6.61 Å². The van der Waals surface area contributed by atoms with Gasteiger partial charge in [0.05, 0.1) is 24.0 Å². The smallest absolute Gasteiger partial charge is 0.338 e. The van der Waals surface area contributed by atoms with Crippen LogP contribution in [0.1, 0.15) is 10.4 Å². The molecule has 1 amide bonds. The van der Waals surface area contributed by atoms with E-state index in [1.54, 1.807) is 59.5 Å². The van der Waals surface area contributed by atoms with Gasteiger partial charge in [0, 0.05) is 0 Å². The van der Waals surface area contributed by atoms with Crippen LogP contribution in [0.4, 0.5) is 5.69 Å². The molecule has 0 aliphatic rings. The summed E-state index contributed by atoms with van der Waals surface area (Å²) in [5.74, 6) is -0.525. The highest BCUT2D eigenvalue weighted by atomic mass is 16.5. The Morgan fingerprint density at radius 3 is 2.58 bits per heavy atom. The zero-order chi connectivity index (χ0) is 18.4. The first kappa shape index (κ1) is 17.2. The van der Waals surface area contributed by atoms with Gasteiger partial charge in [-0.3, -0.25) is 4.79 Å². The first-order valence-electron chi connectivity index (χ1n) is 7.72. The zero-order valence-electron chi connectivity index (χ0n) is 14.0. The Morgan fingerprint density at radius 2 is 1.88 bits per heavy atom. The molecule has 1 heterocycles. The Bertz CT molecular complexity index is 892. The minimum absolute atomic E-state index is 0.332. The maximum atomic E-state index is 12.1. The quantitative estimate of drug-likeness (QED) is 0.683. The Labute approximate surface area is 149 Å². The Balaban J connectivity index is 1.55. The lowest BCUT2D eigenvalue weighted by Gasteiger charge is -2.10. The Hall–Kier alpha value is -3.68. The summed E-state index contributed by atoms with van der Waals surface area (Å²) >= 11 is 0. The lowest BCUT2D eigenvalue weighted by atomic mass is 10.2. The van der Waals surface area contributed by atoms with Gasteiger partial charge >= 0.3 is 5.97 Å². The van der Waals surface area contributed by atoms with Crippen molar-refractivity contribution >= 4 is 17.6 Å². The minimum Gasteiger partial charge on any atom is -0.495 e. The van der Waals surface area contributed by atoms with Gasteiger partial charge in [-0.15, -0.1) is 0 Å². The van der Waals surface area contributed by atoms with Crippen LogP contribution < -0.4 is 10.1 Å². The maximum Gasteiger partial charge on any atom is 0.338 e. The average molecular weight is 352 g/mol. The number of ether oxygens (including phenoxy) is 2. The van der Waals surface area contributed by atoms with E-state index < -0.39 is 18.5 Å². The van der Waals surface area contributed by atoms with Crippen LogP contribution in [0.15, 0.2) is 61.2 Å². The van der Waals surface area contributed by atoms with E-state index >= 15 is 0 Å². The van der Waals surface area contributed by atoms with E-state index in [-0.39, 0.29) is 0 Å². The average Bonchev–Trinajstić information content (AvgIpc) is 3.21. The number of carbonyl (C=O) groups is 2. The summed E-state index contributed by atoms with van der Waals surface area (Å²) in [5.41, 5.74) is 1.60. The first-order chi connectivity index (χ1) is 12.7. The van der Waals surface area contributed by atoms with Crippen molar-refractivity contribution in [1.82, 2.24) is 14.8 Å². The number of esters is 1. The monoisotopic (exact) mass is 352 g/mol. The molecule has 8 nitrogen and oxygen atoms in total. The second-order valence-corrected chi connectivity index (χ2v) is 5.21. The molecule has 3 rings (SSSR count). The fourth-order valence-corrected chi connectivity index (χ4v) is 2.24. The molecule has 0 radical (unpaired) electrons. The van der Waals surface area contributed by atoms with Crippen molar-refractivity contribution in [2.75, 3.05) is 19.0 Å². The predicted molar refractivity (Wildman–Crippen MR) is 93.3 cm³/mol. The third-order valence-corrected chi connectivity index (χ3v) is 3.50. The number of hydrogen-bond acceptors (Lipinski definition) is 6. The number of hydrogen-bond donors (Lipinski definition) is 1. The second kappa shape index (κ2) is 7.93. The van der Waals surface area contributed by atoms with E-state index in [0.29, 0.717) is 17.0 Å². The largest absolute Gasteiger partial charge is 0.495 e. The number of carbonyl (C=O) groups excluding carboxylic acids is 2. The summed E-state index contributed by atoms with van der Waals surface area (Å²) in [6.45, 7) is -0.401. The van der Waals surface area contributed by atoms with Gasteiger partial charge in [-0.05, 0) is 36.4 Å². The molecule has 132 valence electrons. The summed E-state index contributed by atoms with van der Waals surface area (Å²) in [4.78, 5) is 27.9. The van der Waals surface area contributed by atoms with Gasteiger partial charge in [0.2, 0.25) is 0 Å². The number of anilines is 1. The number of para-hydroxylation sites is 2. The molecule has 0 saturated heterocycles. The number of nitrogens with one attached hydrogen (secondary N) is 1. The fraction of sp³-hybridized carbons (Fsp3) is 0.111. The SMILES string of the molecule is COc1ccccc1NC(=O)COC(=O)c1ccc(-n2cncn2)cc1. The number of benzene rings is 2. The molecule has 0 atom stereocenters. The molecular formula is C18H16N4O4. The van der Waals surface area contributed by atoms with Crippen LogP contribution in [-0.2, 0) is 9.53 Å². The Kier molecular flexibility index (Phi) is 5.23. The zero-order valence-corrected chi connectivity index (χ0v) is 14.0. The number of methoxy groups -OCH3 is 1. The topological polar surface area (TPSA) is 95.3 Å². The lowest BCUT2D eigenvalue weighted by Crippen LogP contribution is -2.21. The van der Waals surface area contributed by atoms with E-state index in [1.807, 2.05) is 0 Å². The third-order valence-electron chi connectivity index (χ3n) is 3.50. The van der Waals surface area contributed by atoms with Crippen LogP contribution in [0.3, 0.4) is 0 Å². The number of nitrogens with zero attached hydrogens (tertiary/aromatic N) is 3. The normalized spacial score (nSPS) is 10.2. The molecule has 2 aromatic carbocycles. The van der Waals surface area contributed by atoms with E-state index in [0.717, 1.165) is 5.69 Å². The van der Waals surface area contributed by atoms with Gasteiger partial charge in [0.25, 0.3) is 5.91 Å². The third kappa shape index (κ3) is 4.04. The van der Waals surface area contributed by atoms with Crippen molar-refractivity contribution < 1.29 is 19.1 Å². The highest BCUT2D eigenvalue weighted by Crippen LogP contribution is 2.22. The van der Waals surface area contributed by atoms with E-state index in [4.69, 9.17) is 9.47 Å². The lowest BCUT2D eigenvalue weighted by molar-refractivity contribution is -0.119. The molecule has 0 bridgehead atoms. The molecule has 0 unspecified atom stereocenters. The van der Waals surface area contributed by atoms with Crippen molar-refractivity contribution in [3.05, 3.63) is 66.7 Å². The standard InChI is InChI=1S/C18H16N4O4/c1-25-16-5-3-2-4-15(16)21-17(23)10-26-18(24)13-6-8-14(9-7-13)22-12-19-11-20-22/h2-9,11-12H,10H2,1H3,(H,21,23). The van der Waals surface area contributed by atoms with Crippen LogP contribution in [-0.4, -0.2) is 40.4 Å². The van der Waals surface area contributed by atoms with Crippen LogP contribution in [0.25, 0.3) is 5.69 Å². The highest BCUT2D eigenvalue weighted by molar-refractivity contribution is 5.96. The van der Waals surface area contributed by atoms with E-state index in [2.05, 4.69) is 15.4 Å². The number of amides is 1. The van der Waals surface area contributed by atoms with Crippen molar-refractivity contribution in [3.63, 3.8) is 0 Å². The second-order valence-electron chi connectivity index (χ2n) is 5.21. The molecule has 0 aliphatic carbocycles. The van der Waals surface area contributed by atoms with Crippen molar-refractivity contribution in [2.45, 2.75) is 0 Å². The van der Waals surface area contributed by atoms with Gasteiger partial charge < -0.3 is 14.8 Å². The van der Waals surface area contributed by atoms with Crippen LogP contribution in [0, 0.1) is 0 Å². The highest BCUT2D eigenvalue weighted by Gasteiger charge is 2.12. The fourth-order valence-electron chi connectivity index (χ4n) is 2.24. The molecular weight excluding hydrogens is 336 g/mol. The molecule has 0 fully saturated rings. The van der Waals surface area contributed by atoms with Gasteiger partial charge in [-0.2, -0.15) is 5.10 Å². The summed E-state index contributed by atoms with van der Waals surface area (Å²) < 4.78 is 11.8. The summed E-state index contributed by atoms with van der Waals surface area (Å²) in [6, 6.07) is 13.6. The summed E-state index contributed by atoms with van der Waals surface area (Å²) in [7, 11) is 1.51. The maximum absolute atomic E-state index is 12.1. The van der Waals surface area contributed by atoms with E-state index in [1.165, 1.54) is 13.4 Å². The van der Waals surface area contributed by atoms with Crippen LogP contribution >= 0.6 is 0 Å². The Morgan fingerprint density at radius 1 is 1.12 bits per heavy atom. The molecule has 0 spiro atoms. The predicted octanol–water partition coefficient (Wildman–Crippen LogP) is 2.07. The number of rotatable bonds is 6. The number of aromatic nitrogens is 3. The van der Waals surface area contributed by atoms with Gasteiger partial charge in [0.1, 0.15) is 18.4 Å². The minimum atomic E-state index is -0.592. The van der Waals surface area contributed by atoms with Gasteiger partial charge in [-0.25, -0.2) is 14.5 Å². The molecule has 0 aliphatic heterocycles. The first-order valence-corrected chi connectivity index (χ1v) is 7.72. The summed E-state index contributed by atoms with van der Waals surface area (Å²) in [5, 5.41) is 6.64. The van der Waals surface area contributed by atoms with Crippen molar-refractivity contribution in [2.24, 2.45) is 0 Å². The molecule has 0 saturated carbocycles. The van der Waals surface area contributed by atoms with Crippen LogP contribution in [0.2, 0.25) is 0 Å². The molecule has 8 heteroatoms. The molecule has 3 aromatic rings. The van der Waals surface area contributed by atoms with Crippen molar-refractivity contribution in [1.29, 1.82) is 0 Å². The van der Waals surface area contributed by atoms with Gasteiger partial charge in [-0.1, -0.05) is 12.1 Å². The molecule has 1 N–H and O–H groups in total. The summed E-state index contributed by atoms with van der Waals surface area (Å²) in [6.07, 6.45) is 2.97. The molecule has 1 aromatic heterocycles. The van der Waals surface area contributed by atoms with Crippen molar-refractivity contribution in [3.8, 4) is 11.4 Å². The van der Waals surface area contributed by atoms with E-state index in [9.17, 15) is 9.59 Å².